The summed E-state index contributed by atoms with van der Waals surface area (Å²) in [6.07, 6.45) is 4.75. The maximum atomic E-state index is 12.9. The third kappa shape index (κ3) is 3.84. The zero-order valence-electron chi connectivity index (χ0n) is 14.0. The van der Waals surface area contributed by atoms with E-state index in [0.29, 0.717) is 37.9 Å². The van der Waals surface area contributed by atoms with Crippen LogP contribution in [-0.2, 0) is 28.9 Å². The van der Waals surface area contributed by atoms with Gasteiger partial charge in [-0.15, -0.1) is 0 Å². The molecule has 3 rings (SSSR count). The summed E-state index contributed by atoms with van der Waals surface area (Å²) in [7, 11) is 1.34. The van der Waals surface area contributed by atoms with Gasteiger partial charge in [-0.1, -0.05) is 12.1 Å². The summed E-state index contributed by atoms with van der Waals surface area (Å²) < 4.78 is 17.7. The van der Waals surface area contributed by atoms with Crippen LogP contribution in [-0.4, -0.2) is 35.4 Å². The number of amides is 1. The molecular formula is C19H19FN2O3. The molecule has 5 nitrogen and oxygen atoms in total. The van der Waals surface area contributed by atoms with Crippen LogP contribution in [0.1, 0.15) is 33.5 Å². The van der Waals surface area contributed by atoms with Gasteiger partial charge in [0.25, 0.3) is 0 Å². The monoisotopic (exact) mass is 342 g/mol. The molecule has 1 aromatic heterocycles. The van der Waals surface area contributed by atoms with Crippen LogP contribution in [0.15, 0.2) is 36.7 Å². The average molecular weight is 342 g/mol. The van der Waals surface area contributed by atoms with E-state index in [9.17, 15) is 14.0 Å². The standard InChI is InChI=1S/C19H19FN2O3/c1-25-19(24)17-11-21-10-14-12-22(9-8-16(14)17)18(23)7-4-13-2-5-15(20)6-3-13/h2-3,5-6,10-11H,4,7-9,12H2,1H3. The molecule has 0 spiro atoms. The molecule has 0 bridgehead atoms. The summed E-state index contributed by atoms with van der Waals surface area (Å²) in [5.41, 5.74) is 3.19. The van der Waals surface area contributed by atoms with Gasteiger partial charge < -0.3 is 9.64 Å². The van der Waals surface area contributed by atoms with Crippen molar-refractivity contribution in [1.29, 1.82) is 0 Å². The number of benzene rings is 1. The van der Waals surface area contributed by atoms with Crippen molar-refractivity contribution in [2.45, 2.75) is 25.8 Å². The number of hydrogen-bond donors (Lipinski definition) is 0. The number of aromatic nitrogens is 1. The maximum absolute atomic E-state index is 12.9. The second-order valence-corrected chi connectivity index (χ2v) is 6.01. The number of halogens is 1. The van der Waals surface area contributed by atoms with Crippen LogP contribution in [0, 0.1) is 5.82 Å². The molecule has 0 aliphatic carbocycles. The van der Waals surface area contributed by atoms with Crippen molar-refractivity contribution in [2.24, 2.45) is 0 Å². The zero-order valence-corrected chi connectivity index (χ0v) is 14.0. The van der Waals surface area contributed by atoms with Gasteiger partial charge in [0.2, 0.25) is 5.91 Å². The second kappa shape index (κ2) is 7.42. The minimum Gasteiger partial charge on any atom is -0.465 e. The minimum atomic E-state index is -0.402. The number of fused-ring (bicyclic) bond motifs is 1. The van der Waals surface area contributed by atoms with Crippen molar-refractivity contribution in [1.82, 2.24) is 9.88 Å². The summed E-state index contributed by atoms with van der Waals surface area (Å²) in [6, 6.07) is 6.19. The highest BCUT2D eigenvalue weighted by molar-refractivity contribution is 5.91. The number of carbonyl (C=O) groups excluding carboxylic acids is 2. The van der Waals surface area contributed by atoms with E-state index in [1.807, 2.05) is 0 Å². The van der Waals surface area contributed by atoms with Crippen molar-refractivity contribution < 1.29 is 18.7 Å². The van der Waals surface area contributed by atoms with Crippen molar-refractivity contribution >= 4 is 11.9 Å². The van der Waals surface area contributed by atoms with Gasteiger partial charge in [0.1, 0.15) is 5.82 Å². The van der Waals surface area contributed by atoms with Crippen molar-refractivity contribution in [2.75, 3.05) is 13.7 Å². The Morgan fingerprint density at radius 1 is 1.24 bits per heavy atom. The number of hydrogen-bond acceptors (Lipinski definition) is 4. The van der Waals surface area contributed by atoms with Crippen LogP contribution in [0.2, 0.25) is 0 Å². The van der Waals surface area contributed by atoms with E-state index in [4.69, 9.17) is 4.74 Å². The zero-order chi connectivity index (χ0) is 17.8. The van der Waals surface area contributed by atoms with E-state index in [2.05, 4.69) is 4.98 Å². The Bertz CT molecular complexity index is 790. The third-order valence-electron chi connectivity index (χ3n) is 4.44. The first-order chi connectivity index (χ1) is 12.1. The number of carbonyl (C=O) groups is 2. The summed E-state index contributed by atoms with van der Waals surface area (Å²) in [5.74, 6) is -0.643. The molecule has 2 aromatic rings. The van der Waals surface area contributed by atoms with Gasteiger partial charge in [-0.3, -0.25) is 9.78 Å². The molecule has 1 aliphatic rings. The highest BCUT2D eigenvalue weighted by Crippen LogP contribution is 2.23. The topological polar surface area (TPSA) is 59.5 Å². The lowest BCUT2D eigenvalue weighted by molar-refractivity contribution is -0.132. The molecule has 1 aromatic carbocycles. The molecule has 130 valence electrons. The van der Waals surface area contributed by atoms with Crippen LogP contribution >= 0.6 is 0 Å². The first-order valence-corrected chi connectivity index (χ1v) is 8.14. The van der Waals surface area contributed by atoms with E-state index in [0.717, 1.165) is 16.7 Å². The van der Waals surface area contributed by atoms with Crippen LogP contribution in [0.5, 0.6) is 0 Å². The Balaban J connectivity index is 1.65. The van der Waals surface area contributed by atoms with Gasteiger partial charge in [0, 0.05) is 31.9 Å². The van der Waals surface area contributed by atoms with Gasteiger partial charge in [-0.2, -0.15) is 0 Å². The van der Waals surface area contributed by atoms with Crippen molar-refractivity contribution in [3.8, 4) is 0 Å². The lowest BCUT2D eigenvalue weighted by Crippen LogP contribution is -2.36. The molecule has 1 amide bonds. The molecule has 0 saturated heterocycles. The summed E-state index contributed by atoms with van der Waals surface area (Å²) in [4.78, 5) is 30.1. The first-order valence-electron chi connectivity index (χ1n) is 8.14. The van der Waals surface area contributed by atoms with E-state index in [1.165, 1.54) is 25.4 Å². The van der Waals surface area contributed by atoms with E-state index >= 15 is 0 Å². The summed E-state index contributed by atoms with van der Waals surface area (Å²) >= 11 is 0. The van der Waals surface area contributed by atoms with Gasteiger partial charge >= 0.3 is 5.97 Å². The Morgan fingerprint density at radius 2 is 2.00 bits per heavy atom. The predicted molar refractivity (Wildman–Crippen MR) is 89.4 cm³/mol. The fraction of sp³-hybridized carbons (Fsp3) is 0.316. The Kier molecular flexibility index (Phi) is 5.07. The van der Waals surface area contributed by atoms with E-state index in [1.54, 1.807) is 23.2 Å². The smallest absolute Gasteiger partial charge is 0.339 e. The van der Waals surface area contributed by atoms with Gasteiger partial charge in [-0.25, -0.2) is 9.18 Å². The van der Waals surface area contributed by atoms with Crippen LogP contribution in [0.3, 0.4) is 0 Å². The molecule has 0 N–H and O–H groups in total. The Morgan fingerprint density at radius 3 is 2.72 bits per heavy atom. The number of nitrogens with zero attached hydrogens (tertiary/aromatic N) is 2. The highest BCUT2D eigenvalue weighted by atomic mass is 19.1. The van der Waals surface area contributed by atoms with E-state index in [-0.39, 0.29) is 11.7 Å². The second-order valence-electron chi connectivity index (χ2n) is 6.01. The normalized spacial score (nSPS) is 13.3. The SMILES string of the molecule is COC(=O)c1cncc2c1CCN(C(=O)CCc1ccc(F)cc1)C2. The predicted octanol–water partition coefficient (Wildman–Crippen LogP) is 2.52. The highest BCUT2D eigenvalue weighted by Gasteiger charge is 2.24. The third-order valence-corrected chi connectivity index (χ3v) is 4.44. The molecule has 0 unspecified atom stereocenters. The number of rotatable bonds is 4. The maximum Gasteiger partial charge on any atom is 0.339 e. The molecule has 1 aliphatic heterocycles. The number of aryl methyl sites for hydroxylation is 1. The molecule has 0 saturated carbocycles. The minimum absolute atomic E-state index is 0.0402. The number of ether oxygens (including phenoxy) is 1. The van der Waals surface area contributed by atoms with Crippen molar-refractivity contribution in [3.05, 3.63) is 64.7 Å². The lowest BCUT2D eigenvalue weighted by atomic mass is 9.96. The van der Waals surface area contributed by atoms with Crippen LogP contribution in [0.4, 0.5) is 4.39 Å². The fourth-order valence-electron chi connectivity index (χ4n) is 3.05. The molecular weight excluding hydrogens is 323 g/mol. The molecule has 6 heteroatoms. The molecule has 25 heavy (non-hydrogen) atoms. The largest absolute Gasteiger partial charge is 0.465 e. The lowest BCUT2D eigenvalue weighted by Gasteiger charge is -2.29. The quantitative estimate of drug-likeness (QED) is 0.801. The van der Waals surface area contributed by atoms with Crippen molar-refractivity contribution in [3.63, 3.8) is 0 Å². The number of methoxy groups -OCH3 is 1. The Labute approximate surface area is 145 Å². The van der Waals surface area contributed by atoms with Gasteiger partial charge in [0.05, 0.1) is 12.7 Å². The Hall–Kier alpha value is -2.76. The van der Waals surface area contributed by atoms with Crippen LogP contribution < -0.4 is 0 Å². The number of pyridine rings is 1. The first kappa shape index (κ1) is 17.1. The fourth-order valence-corrected chi connectivity index (χ4v) is 3.05. The van der Waals surface area contributed by atoms with Gasteiger partial charge in [-0.05, 0) is 41.7 Å². The average Bonchev–Trinajstić information content (AvgIpc) is 2.65. The molecule has 0 fully saturated rings. The van der Waals surface area contributed by atoms with E-state index < -0.39 is 5.97 Å². The molecule has 0 atom stereocenters. The number of esters is 1. The molecule has 2 heterocycles. The summed E-state index contributed by atoms with van der Waals surface area (Å²) in [5, 5.41) is 0. The van der Waals surface area contributed by atoms with Gasteiger partial charge in [0.15, 0.2) is 0 Å². The molecule has 0 radical (unpaired) electrons. The summed E-state index contributed by atoms with van der Waals surface area (Å²) in [6.45, 7) is 0.999. The van der Waals surface area contributed by atoms with Crippen LogP contribution in [0.25, 0.3) is 0 Å².